The van der Waals surface area contributed by atoms with Gasteiger partial charge in [0.05, 0.1) is 12.2 Å². The average molecular weight is 373 g/mol. The number of hydrogen-bond acceptors (Lipinski definition) is 5. The van der Waals surface area contributed by atoms with Crippen LogP contribution in [0.2, 0.25) is 5.02 Å². The average Bonchev–Trinajstić information content (AvgIpc) is 3.12. The van der Waals surface area contributed by atoms with Crippen molar-refractivity contribution in [1.82, 2.24) is 15.0 Å². The molecule has 0 N–H and O–H groups in total. The highest BCUT2D eigenvalue weighted by atomic mass is 35.5. The molecular weight excluding hydrogens is 355 g/mol. The van der Waals surface area contributed by atoms with Crippen LogP contribution in [0.3, 0.4) is 0 Å². The molecule has 5 nitrogen and oxygen atoms in total. The first-order chi connectivity index (χ1) is 12.7. The van der Waals surface area contributed by atoms with Crippen molar-refractivity contribution in [1.29, 1.82) is 0 Å². The second kappa shape index (κ2) is 7.43. The molecule has 7 heteroatoms. The van der Waals surface area contributed by atoms with Gasteiger partial charge >= 0.3 is 0 Å². The predicted octanol–water partition coefficient (Wildman–Crippen LogP) is 3.85. The molecule has 134 valence electrons. The van der Waals surface area contributed by atoms with Crippen LogP contribution >= 0.6 is 11.6 Å². The highest BCUT2D eigenvalue weighted by Crippen LogP contribution is 2.22. The van der Waals surface area contributed by atoms with E-state index in [1.54, 1.807) is 18.2 Å². The lowest BCUT2D eigenvalue weighted by Crippen LogP contribution is -2.46. The zero-order valence-corrected chi connectivity index (χ0v) is 14.9. The van der Waals surface area contributed by atoms with Crippen molar-refractivity contribution in [2.24, 2.45) is 0 Å². The summed E-state index contributed by atoms with van der Waals surface area (Å²) < 4.78 is 19.3. The third-order valence-corrected chi connectivity index (χ3v) is 4.75. The molecule has 0 spiro atoms. The van der Waals surface area contributed by atoms with Gasteiger partial charge in [-0.25, -0.2) is 4.39 Å². The minimum Gasteiger partial charge on any atom is -0.367 e. The molecule has 0 aliphatic carbocycles. The first kappa shape index (κ1) is 17.0. The number of aromatic nitrogens is 2. The minimum atomic E-state index is -0.176. The zero-order chi connectivity index (χ0) is 17.9. The minimum absolute atomic E-state index is 0.176. The number of benzene rings is 2. The molecule has 0 unspecified atom stereocenters. The lowest BCUT2D eigenvalue weighted by molar-refractivity contribution is 0.215. The van der Waals surface area contributed by atoms with Crippen molar-refractivity contribution in [3.05, 3.63) is 65.3 Å². The number of piperazine rings is 1. The lowest BCUT2D eigenvalue weighted by atomic mass is 10.2. The largest absolute Gasteiger partial charge is 0.367 e. The molecule has 26 heavy (non-hydrogen) atoms. The van der Waals surface area contributed by atoms with E-state index in [9.17, 15) is 4.39 Å². The van der Waals surface area contributed by atoms with Gasteiger partial charge in [-0.15, -0.1) is 0 Å². The number of hydrogen-bond donors (Lipinski definition) is 0. The Morgan fingerprint density at radius 1 is 1.00 bits per heavy atom. The first-order valence-electron chi connectivity index (χ1n) is 8.49. The van der Waals surface area contributed by atoms with Gasteiger partial charge in [0.25, 0.3) is 0 Å². The fraction of sp³-hybridized carbons (Fsp3) is 0.263. The summed E-state index contributed by atoms with van der Waals surface area (Å²) in [5, 5.41) is 4.71. The van der Waals surface area contributed by atoms with E-state index >= 15 is 0 Å². The van der Waals surface area contributed by atoms with E-state index < -0.39 is 0 Å². The van der Waals surface area contributed by atoms with E-state index in [0.717, 1.165) is 31.7 Å². The maximum absolute atomic E-state index is 13.9. The van der Waals surface area contributed by atoms with Gasteiger partial charge in [-0.2, -0.15) is 4.98 Å². The van der Waals surface area contributed by atoms with Gasteiger partial charge in [-0.1, -0.05) is 28.9 Å². The molecule has 0 atom stereocenters. The van der Waals surface area contributed by atoms with Crippen LogP contribution in [0.4, 0.5) is 10.1 Å². The molecule has 1 aliphatic rings. The second-order valence-corrected chi connectivity index (χ2v) is 6.67. The standard InChI is InChI=1S/C19H18ClFN4O/c20-15-7-5-14(6-8-15)19-22-18(26-23-19)13-24-9-11-25(12-10-24)17-4-2-1-3-16(17)21/h1-8H,9-13H2. The number of anilines is 1. The maximum Gasteiger partial charge on any atom is 0.241 e. The monoisotopic (exact) mass is 372 g/mol. The Labute approximate surface area is 156 Å². The van der Waals surface area contributed by atoms with Gasteiger partial charge in [-0.3, -0.25) is 4.90 Å². The van der Waals surface area contributed by atoms with Crippen LogP contribution in [-0.4, -0.2) is 41.2 Å². The fourth-order valence-corrected chi connectivity index (χ4v) is 3.21. The molecule has 0 radical (unpaired) electrons. The predicted molar refractivity (Wildman–Crippen MR) is 98.6 cm³/mol. The first-order valence-corrected chi connectivity index (χ1v) is 8.87. The van der Waals surface area contributed by atoms with Gasteiger partial charge < -0.3 is 9.42 Å². The summed E-state index contributed by atoms with van der Waals surface area (Å²) in [4.78, 5) is 8.76. The molecule has 2 heterocycles. The fourth-order valence-electron chi connectivity index (χ4n) is 3.08. The van der Waals surface area contributed by atoms with E-state index in [0.29, 0.717) is 29.0 Å². The second-order valence-electron chi connectivity index (χ2n) is 6.23. The molecule has 0 saturated carbocycles. The van der Waals surface area contributed by atoms with Crippen LogP contribution in [0.25, 0.3) is 11.4 Å². The van der Waals surface area contributed by atoms with E-state index in [-0.39, 0.29) is 5.82 Å². The van der Waals surface area contributed by atoms with Gasteiger partial charge in [-0.05, 0) is 36.4 Å². The number of rotatable bonds is 4. The van der Waals surface area contributed by atoms with Crippen molar-refractivity contribution in [3.63, 3.8) is 0 Å². The van der Waals surface area contributed by atoms with E-state index in [4.69, 9.17) is 16.1 Å². The molecule has 1 saturated heterocycles. The highest BCUT2D eigenvalue weighted by Gasteiger charge is 2.21. The Morgan fingerprint density at radius 3 is 2.46 bits per heavy atom. The van der Waals surface area contributed by atoms with E-state index in [1.165, 1.54) is 6.07 Å². The summed E-state index contributed by atoms with van der Waals surface area (Å²) in [5.41, 5.74) is 1.53. The number of para-hydroxylation sites is 1. The smallest absolute Gasteiger partial charge is 0.241 e. The van der Waals surface area contributed by atoms with Crippen molar-refractivity contribution < 1.29 is 8.91 Å². The molecule has 0 amide bonds. The Morgan fingerprint density at radius 2 is 1.73 bits per heavy atom. The molecular formula is C19H18ClFN4O. The quantitative estimate of drug-likeness (QED) is 0.696. The summed E-state index contributed by atoms with van der Waals surface area (Å²) in [6.45, 7) is 3.74. The normalized spacial score (nSPS) is 15.4. The van der Waals surface area contributed by atoms with Crippen LogP contribution in [-0.2, 0) is 6.54 Å². The topological polar surface area (TPSA) is 45.4 Å². The van der Waals surface area contributed by atoms with Crippen molar-refractivity contribution >= 4 is 17.3 Å². The third kappa shape index (κ3) is 3.71. The SMILES string of the molecule is Fc1ccccc1N1CCN(Cc2nc(-c3ccc(Cl)cc3)no2)CC1. The number of nitrogens with zero attached hydrogens (tertiary/aromatic N) is 4. The van der Waals surface area contributed by atoms with E-state index in [2.05, 4.69) is 19.9 Å². The van der Waals surface area contributed by atoms with Crippen LogP contribution in [0.5, 0.6) is 0 Å². The van der Waals surface area contributed by atoms with Gasteiger partial charge in [0.15, 0.2) is 0 Å². The molecule has 2 aromatic carbocycles. The summed E-state index contributed by atoms with van der Waals surface area (Å²) in [6, 6.07) is 14.2. The summed E-state index contributed by atoms with van der Waals surface area (Å²) in [6.07, 6.45) is 0. The molecule has 1 aliphatic heterocycles. The van der Waals surface area contributed by atoms with E-state index in [1.807, 2.05) is 24.3 Å². The summed E-state index contributed by atoms with van der Waals surface area (Å²) >= 11 is 5.90. The van der Waals surface area contributed by atoms with Gasteiger partial charge in [0.2, 0.25) is 11.7 Å². The summed E-state index contributed by atoms with van der Waals surface area (Å²) in [7, 11) is 0. The molecule has 3 aromatic rings. The maximum atomic E-state index is 13.9. The van der Waals surface area contributed by atoms with Crippen molar-refractivity contribution in [2.45, 2.75) is 6.54 Å². The Kier molecular flexibility index (Phi) is 4.86. The van der Waals surface area contributed by atoms with Crippen LogP contribution < -0.4 is 4.90 Å². The van der Waals surface area contributed by atoms with Gasteiger partial charge in [0.1, 0.15) is 5.82 Å². The Bertz CT molecular complexity index is 875. The van der Waals surface area contributed by atoms with Gasteiger partial charge in [0, 0.05) is 36.8 Å². The lowest BCUT2D eigenvalue weighted by Gasteiger charge is -2.35. The highest BCUT2D eigenvalue weighted by molar-refractivity contribution is 6.30. The molecule has 0 bridgehead atoms. The molecule has 4 rings (SSSR count). The van der Waals surface area contributed by atoms with Crippen molar-refractivity contribution in [2.75, 3.05) is 31.1 Å². The third-order valence-electron chi connectivity index (χ3n) is 4.49. The Balaban J connectivity index is 1.36. The number of halogens is 2. The van der Waals surface area contributed by atoms with Crippen LogP contribution in [0.1, 0.15) is 5.89 Å². The van der Waals surface area contributed by atoms with Crippen LogP contribution in [0, 0.1) is 5.82 Å². The van der Waals surface area contributed by atoms with Crippen molar-refractivity contribution in [3.8, 4) is 11.4 Å². The Hall–Kier alpha value is -2.44. The zero-order valence-electron chi connectivity index (χ0n) is 14.1. The summed E-state index contributed by atoms with van der Waals surface area (Å²) in [5.74, 6) is 0.960. The van der Waals surface area contributed by atoms with Crippen LogP contribution in [0.15, 0.2) is 53.1 Å². The molecule has 1 fully saturated rings. The molecule has 1 aromatic heterocycles.